The third-order valence-corrected chi connectivity index (χ3v) is 7.38. The van der Waals surface area contributed by atoms with Crippen molar-refractivity contribution in [2.75, 3.05) is 13.1 Å². The Balaban J connectivity index is 1.58. The number of rotatable bonds is 10. The molecule has 0 spiro atoms. The molecule has 3 rings (SSSR count). The molecule has 0 saturated carbocycles. The van der Waals surface area contributed by atoms with E-state index < -0.39 is 34.0 Å². The number of carboxylic acid groups (broad SMARTS) is 1. The van der Waals surface area contributed by atoms with E-state index in [1.807, 2.05) is 30.3 Å². The van der Waals surface area contributed by atoms with Gasteiger partial charge in [-0.25, -0.2) is 13.2 Å². The van der Waals surface area contributed by atoms with Gasteiger partial charge < -0.3 is 15.7 Å². The van der Waals surface area contributed by atoms with Crippen molar-refractivity contribution in [1.82, 2.24) is 14.9 Å². The van der Waals surface area contributed by atoms with Gasteiger partial charge >= 0.3 is 5.97 Å². The van der Waals surface area contributed by atoms with Crippen LogP contribution in [0.2, 0.25) is 0 Å². The van der Waals surface area contributed by atoms with Crippen molar-refractivity contribution in [3.8, 4) is 0 Å². The normalized spacial score (nSPS) is 17.3. The van der Waals surface area contributed by atoms with Crippen LogP contribution < -0.4 is 10.6 Å². The minimum Gasteiger partial charge on any atom is -0.480 e. The van der Waals surface area contributed by atoms with Crippen molar-refractivity contribution in [2.24, 2.45) is 0 Å². The van der Waals surface area contributed by atoms with Gasteiger partial charge in [0, 0.05) is 19.5 Å². The molecule has 10 heteroatoms. The molecule has 2 aromatic carbocycles. The Morgan fingerprint density at radius 2 is 1.67 bits per heavy atom. The van der Waals surface area contributed by atoms with Crippen LogP contribution in [0, 0.1) is 0 Å². The van der Waals surface area contributed by atoms with Crippen LogP contribution >= 0.6 is 0 Å². The predicted octanol–water partition coefficient (Wildman–Crippen LogP) is 1.16. The maximum absolute atomic E-state index is 12.9. The average molecular weight is 474 g/mol. The first-order valence-electron chi connectivity index (χ1n) is 10.7. The summed E-state index contributed by atoms with van der Waals surface area (Å²) in [6.45, 7) is -0.129. The molecule has 0 radical (unpaired) electrons. The van der Waals surface area contributed by atoms with E-state index in [0.717, 1.165) is 9.87 Å². The molecule has 0 bridgehead atoms. The van der Waals surface area contributed by atoms with Crippen molar-refractivity contribution in [1.29, 1.82) is 0 Å². The van der Waals surface area contributed by atoms with Crippen LogP contribution in [0.5, 0.6) is 0 Å². The molecule has 176 valence electrons. The molecule has 1 heterocycles. The number of carboxylic acids is 1. The molecule has 1 saturated heterocycles. The van der Waals surface area contributed by atoms with Crippen LogP contribution in [0.3, 0.4) is 0 Å². The maximum atomic E-state index is 12.9. The highest BCUT2D eigenvalue weighted by molar-refractivity contribution is 7.89. The quantitative estimate of drug-likeness (QED) is 0.474. The van der Waals surface area contributed by atoms with Gasteiger partial charge in [-0.15, -0.1) is 0 Å². The largest absolute Gasteiger partial charge is 0.480 e. The van der Waals surface area contributed by atoms with Gasteiger partial charge in [0.1, 0.15) is 12.1 Å². The van der Waals surface area contributed by atoms with Gasteiger partial charge in [-0.3, -0.25) is 9.59 Å². The minimum absolute atomic E-state index is 0.0742. The lowest BCUT2D eigenvalue weighted by molar-refractivity contribution is -0.142. The molecule has 1 aliphatic rings. The van der Waals surface area contributed by atoms with Crippen LogP contribution in [0.15, 0.2) is 65.6 Å². The van der Waals surface area contributed by atoms with E-state index in [1.54, 1.807) is 18.2 Å². The molecule has 1 fully saturated rings. The molecule has 9 nitrogen and oxygen atoms in total. The van der Waals surface area contributed by atoms with E-state index in [4.69, 9.17) is 0 Å². The highest BCUT2D eigenvalue weighted by atomic mass is 32.2. The summed E-state index contributed by atoms with van der Waals surface area (Å²) in [5.41, 5.74) is 0.983. The number of aliphatic carboxylic acids is 1. The van der Waals surface area contributed by atoms with Crippen molar-refractivity contribution >= 4 is 27.8 Å². The summed E-state index contributed by atoms with van der Waals surface area (Å²) >= 11 is 0. The van der Waals surface area contributed by atoms with Crippen molar-refractivity contribution < 1.29 is 27.9 Å². The number of benzene rings is 2. The second-order valence-electron chi connectivity index (χ2n) is 7.78. The van der Waals surface area contributed by atoms with E-state index in [0.29, 0.717) is 12.8 Å². The molecule has 33 heavy (non-hydrogen) atoms. The van der Waals surface area contributed by atoms with E-state index >= 15 is 0 Å². The molecular formula is C23H27N3O6S. The summed E-state index contributed by atoms with van der Waals surface area (Å²) in [7, 11) is -3.89. The second-order valence-corrected chi connectivity index (χ2v) is 9.67. The monoisotopic (exact) mass is 473 g/mol. The van der Waals surface area contributed by atoms with E-state index in [2.05, 4.69) is 10.6 Å². The molecule has 3 N–H and O–H groups in total. The van der Waals surface area contributed by atoms with Crippen LogP contribution in [0.1, 0.15) is 24.8 Å². The number of carbonyl (C=O) groups is 3. The fourth-order valence-corrected chi connectivity index (χ4v) is 5.37. The van der Waals surface area contributed by atoms with Crippen LogP contribution in [0.4, 0.5) is 0 Å². The van der Waals surface area contributed by atoms with Crippen LogP contribution in [0.25, 0.3) is 0 Å². The summed E-state index contributed by atoms with van der Waals surface area (Å²) < 4.78 is 27.0. The number of carbonyl (C=O) groups excluding carboxylic acids is 2. The van der Waals surface area contributed by atoms with Crippen LogP contribution in [-0.4, -0.2) is 60.8 Å². The number of sulfonamides is 1. The first-order chi connectivity index (χ1) is 15.8. The molecule has 2 amide bonds. The van der Waals surface area contributed by atoms with Gasteiger partial charge in [-0.1, -0.05) is 48.5 Å². The Labute approximate surface area is 192 Å². The summed E-state index contributed by atoms with van der Waals surface area (Å²) in [5, 5.41) is 14.4. The predicted molar refractivity (Wildman–Crippen MR) is 121 cm³/mol. The van der Waals surface area contributed by atoms with Crippen LogP contribution in [-0.2, 0) is 30.8 Å². The zero-order chi connectivity index (χ0) is 23.8. The summed E-state index contributed by atoms with van der Waals surface area (Å²) in [6, 6.07) is 14.8. The molecule has 2 aromatic rings. The number of hydrogen-bond acceptors (Lipinski definition) is 5. The lowest BCUT2D eigenvalue weighted by Gasteiger charge is -2.25. The van der Waals surface area contributed by atoms with Gasteiger partial charge in [0.15, 0.2) is 0 Å². The third kappa shape index (κ3) is 6.39. The fraction of sp³-hybridized carbons (Fsp3) is 0.348. The van der Waals surface area contributed by atoms with Crippen molar-refractivity contribution in [3.05, 3.63) is 66.2 Å². The van der Waals surface area contributed by atoms with Gasteiger partial charge in [0.25, 0.3) is 0 Å². The topological polar surface area (TPSA) is 133 Å². The van der Waals surface area contributed by atoms with E-state index in [9.17, 15) is 27.9 Å². The zero-order valence-corrected chi connectivity index (χ0v) is 18.8. The number of amides is 2. The Morgan fingerprint density at radius 3 is 2.30 bits per heavy atom. The second kappa shape index (κ2) is 11.1. The highest BCUT2D eigenvalue weighted by Crippen LogP contribution is 2.26. The van der Waals surface area contributed by atoms with Crippen molar-refractivity contribution in [2.45, 2.75) is 42.7 Å². The maximum Gasteiger partial charge on any atom is 0.328 e. The molecule has 0 aliphatic carbocycles. The molecule has 1 aliphatic heterocycles. The summed E-state index contributed by atoms with van der Waals surface area (Å²) in [5.74, 6) is -2.35. The fourth-order valence-electron chi connectivity index (χ4n) is 3.69. The Morgan fingerprint density at radius 1 is 1.03 bits per heavy atom. The number of aryl methyl sites for hydroxylation is 1. The number of hydrogen-bond donors (Lipinski definition) is 3. The van der Waals surface area contributed by atoms with Gasteiger partial charge in [0.05, 0.1) is 4.90 Å². The molecular weight excluding hydrogens is 446 g/mol. The Kier molecular flexibility index (Phi) is 8.18. The first kappa shape index (κ1) is 24.4. The third-order valence-electron chi connectivity index (χ3n) is 5.46. The first-order valence-corrected chi connectivity index (χ1v) is 12.1. The van der Waals surface area contributed by atoms with E-state index in [1.165, 1.54) is 12.1 Å². The van der Waals surface area contributed by atoms with Gasteiger partial charge in [-0.2, -0.15) is 4.31 Å². The standard InChI is InChI=1S/C23H27N3O6S/c27-21(14-13-17-8-3-1-4-9-17)24-16-19(23(29)30)25-22(28)20-12-7-15-26(20)33(31,32)18-10-5-2-6-11-18/h1-6,8-11,19-20H,7,12-16H2,(H,24,27)(H,25,28)(H,29,30)/t19-,20?/m0/s1. The molecule has 2 atom stereocenters. The average Bonchev–Trinajstić information content (AvgIpc) is 3.32. The van der Waals surface area contributed by atoms with Crippen molar-refractivity contribution in [3.63, 3.8) is 0 Å². The molecule has 0 aromatic heterocycles. The van der Waals surface area contributed by atoms with E-state index in [-0.39, 0.29) is 36.7 Å². The SMILES string of the molecule is O=C(CCc1ccccc1)NC[C@H](NC(=O)C1CCCN1S(=O)(=O)c1ccccc1)C(=O)O. The smallest absolute Gasteiger partial charge is 0.328 e. The lowest BCUT2D eigenvalue weighted by Crippen LogP contribution is -2.54. The Bertz CT molecular complexity index is 1080. The van der Waals surface area contributed by atoms with Gasteiger partial charge in [-0.05, 0) is 37.0 Å². The lowest BCUT2D eigenvalue weighted by atomic mass is 10.1. The number of nitrogens with one attached hydrogen (secondary N) is 2. The molecule has 1 unspecified atom stereocenters. The number of nitrogens with zero attached hydrogens (tertiary/aromatic N) is 1. The summed E-state index contributed by atoms with van der Waals surface area (Å²) in [6.07, 6.45) is 1.45. The minimum atomic E-state index is -3.89. The highest BCUT2D eigenvalue weighted by Gasteiger charge is 2.40. The zero-order valence-electron chi connectivity index (χ0n) is 18.0. The van der Waals surface area contributed by atoms with Gasteiger partial charge in [0.2, 0.25) is 21.8 Å². The Hall–Kier alpha value is -3.24. The summed E-state index contributed by atoms with van der Waals surface area (Å²) in [4.78, 5) is 36.7.